The monoisotopic (exact) mass is 385 g/mol. The number of hydrogen-bond donors (Lipinski definition) is 0. The fourth-order valence-corrected chi connectivity index (χ4v) is 2.63. The molecule has 0 heterocycles. The number of nitro benzene ring substituents is 1. The van der Waals surface area contributed by atoms with Crippen LogP contribution in [-0.4, -0.2) is 22.1 Å². The standard InChI is InChI=1S/C14H9Cl2F4NO3/c1-13(11(15)4-7(5-12(13)16)14(18,19)20)24-10-6-8(17)2-3-9(10)21(22)23/h2-6,11H,1H3. The first kappa shape index (κ1) is 18.5. The summed E-state index contributed by atoms with van der Waals surface area (Å²) >= 11 is 11.8. The van der Waals surface area contributed by atoms with Crippen LogP contribution in [-0.2, 0) is 0 Å². The molecule has 0 N–H and O–H groups in total. The van der Waals surface area contributed by atoms with E-state index in [1.807, 2.05) is 0 Å². The smallest absolute Gasteiger partial charge is 0.416 e. The Morgan fingerprint density at radius 2 is 2.00 bits per heavy atom. The van der Waals surface area contributed by atoms with Gasteiger partial charge in [-0.15, -0.1) is 11.6 Å². The Labute approximate surface area is 143 Å². The van der Waals surface area contributed by atoms with E-state index in [0.29, 0.717) is 12.2 Å². The molecule has 0 spiro atoms. The molecule has 10 heteroatoms. The van der Waals surface area contributed by atoms with E-state index in [2.05, 4.69) is 0 Å². The van der Waals surface area contributed by atoms with Gasteiger partial charge in [0.15, 0.2) is 5.60 Å². The van der Waals surface area contributed by atoms with E-state index in [1.165, 1.54) is 6.92 Å². The Kier molecular flexibility index (Phi) is 4.83. The van der Waals surface area contributed by atoms with Crippen LogP contribution in [0.4, 0.5) is 23.2 Å². The van der Waals surface area contributed by atoms with Crippen LogP contribution in [0.5, 0.6) is 5.75 Å². The summed E-state index contributed by atoms with van der Waals surface area (Å²) in [5.41, 5.74) is -3.38. The normalized spacial score (nSPS) is 24.2. The number of hydrogen-bond acceptors (Lipinski definition) is 3. The summed E-state index contributed by atoms with van der Waals surface area (Å²) in [6, 6.07) is 2.46. The van der Waals surface area contributed by atoms with E-state index in [4.69, 9.17) is 27.9 Å². The minimum absolute atomic E-state index is 0.420. The van der Waals surface area contributed by atoms with Crippen molar-refractivity contribution in [3.63, 3.8) is 0 Å². The lowest BCUT2D eigenvalue weighted by molar-refractivity contribution is -0.386. The largest absolute Gasteiger partial charge is 0.473 e. The number of benzene rings is 1. The maximum absolute atomic E-state index is 13.4. The molecule has 1 aromatic rings. The van der Waals surface area contributed by atoms with Crippen molar-refractivity contribution in [3.8, 4) is 5.75 Å². The number of halogens is 6. The van der Waals surface area contributed by atoms with Gasteiger partial charge in [-0.1, -0.05) is 17.7 Å². The van der Waals surface area contributed by atoms with E-state index < -0.39 is 49.9 Å². The molecule has 1 aliphatic rings. The molecule has 0 saturated carbocycles. The summed E-state index contributed by atoms with van der Waals surface area (Å²) in [6.07, 6.45) is -3.37. The predicted octanol–water partition coefficient (Wildman–Crippen LogP) is 5.10. The zero-order valence-corrected chi connectivity index (χ0v) is 13.4. The molecular formula is C14H9Cl2F4NO3. The molecule has 0 saturated heterocycles. The van der Waals surface area contributed by atoms with Gasteiger partial charge in [0.1, 0.15) is 5.82 Å². The van der Waals surface area contributed by atoms with Gasteiger partial charge < -0.3 is 4.74 Å². The minimum atomic E-state index is -4.67. The van der Waals surface area contributed by atoms with Crippen LogP contribution in [0.3, 0.4) is 0 Å². The van der Waals surface area contributed by atoms with Crippen molar-refractivity contribution in [2.24, 2.45) is 0 Å². The SMILES string of the molecule is CC1(Oc2cc(F)ccc2[N+](=O)[O-])C(Cl)=CC(C(F)(F)F)=CC1Cl. The number of allylic oxidation sites excluding steroid dienone is 2. The third-order valence-corrected chi connectivity index (χ3v) is 4.40. The molecule has 1 aromatic carbocycles. The summed E-state index contributed by atoms with van der Waals surface area (Å²) < 4.78 is 57.1. The average Bonchev–Trinajstić information content (AvgIpc) is 2.43. The molecule has 2 atom stereocenters. The van der Waals surface area contributed by atoms with E-state index in [-0.39, 0.29) is 0 Å². The van der Waals surface area contributed by atoms with Gasteiger partial charge in [-0.2, -0.15) is 13.2 Å². The van der Waals surface area contributed by atoms with Crippen molar-refractivity contribution in [1.82, 2.24) is 0 Å². The van der Waals surface area contributed by atoms with Crippen molar-refractivity contribution in [2.45, 2.75) is 24.1 Å². The molecule has 0 bridgehead atoms. The van der Waals surface area contributed by atoms with Crippen LogP contribution in [0.15, 0.2) is 41.0 Å². The topological polar surface area (TPSA) is 52.4 Å². The molecule has 2 unspecified atom stereocenters. The molecule has 2 rings (SSSR count). The second-order valence-corrected chi connectivity index (χ2v) is 5.97. The number of alkyl halides is 4. The molecule has 24 heavy (non-hydrogen) atoms. The number of nitro groups is 1. The Morgan fingerprint density at radius 1 is 1.38 bits per heavy atom. The first-order chi connectivity index (χ1) is 10.9. The van der Waals surface area contributed by atoms with Gasteiger partial charge in [-0.05, 0) is 19.1 Å². The van der Waals surface area contributed by atoms with E-state index >= 15 is 0 Å². The van der Waals surface area contributed by atoms with E-state index in [9.17, 15) is 27.7 Å². The second-order valence-electron chi connectivity index (χ2n) is 5.09. The molecule has 0 radical (unpaired) electrons. The fraction of sp³-hybridized carbons (Fsp3) is 0.286. The number of nitrogens with zero attached hydrogens (tertiary/aromatic N) is 1. The molecule has 0 aliphatic heterocycles. The summed E-state index contributed by atoms with van der Waals surface area (Å²) in [5.74, 6) is -1.32. The number of rotatable bonds is 3. The average molecular weight is 386 g/mol. The highest BCUT2D eigenvalue weighted by molar-refractivity contribution is 6.33. The first-order valence-electron chi connectivity index (χ1n) is 6.39. The van der Waals surface area contributed by atoms with Gasteiger partial charge >= 0.3 is 11.9 Å². The predicted molar refractivity (Wildman–Crippen MR) is 79.8 cm³/mol. The van der Waals surface area contributed by atoms with Crippen molar-refractivity contribution < 1.29 is 27.2 Å². The van der Waals surface area contributed by atoms with Gasteiger partial charge in [-0.3, -0.25) is 10.1 Å². The van der Waals surface area contributed by atoms with Crippen LogP contribution < -0.4 is 4.74 Å². The molecule has 0 amide bonds. The first-order valence-corrected chi connectivity index (χ1v) is 7.20. The highest BCUT2D eigenvalue weighted by Gasteiger charge is 2.46. The van der Waals surface area contributed by atoms with Crippen LogP contribution in [0.1, 0.15) is 6.92 Å². The summed E-state index contributed by atoms with van der Waals surface area (Å²) in [5, 5.41) is 9.17. The van der Waals surface area contributed by atoms with Crippen molar-refractivity contribution in [3.05, 3.63) is 56.9 Å². The number of ether oxygens (including phenoxy) is 1. The highest BCUT2D eigenvalue weighted by Crippen LogP contribution is 2.43. The van der Waals surface area contributed by atoms with Crippen molar-refractivity contribution in [1.29, 1.82) is 0 Å². The maximum atomic E-state index is 13.4. The van der Waals surface area contributed by atoms with Crippen LogP contribution in [0.25, 0.3) is 0 Å². The molecule has 0 aromatic heterocycles. The lowest BCUT2D eigenvalue weighted by Gasteiger charge is -2.36. The van der Waals surface area contributed by atoms with Crippen molar-refractivity contribution >= 4 is 28.9 Å². The third kappa shape index (κ3) is 3.49. The quantitative estimate of drug-likeness (QED) is 0.314. The van der Waals surface area contributed by atoms with E-state index in [1.54, 1.807) is 0 Å². The lowest BCUT2D eigenvalue weighted by Crippen LogP contribution is -2.44. The molecule has 130 valence electrons. The van der Waals surface area contributed by atoms with E-state index in [0.717, 1.165) is 18.2 Å². The third-order valence-electron chi connectivity index (χ3n) is 3.38. The van der Waals surface area contributed by atoms with Gasteiger partial charge in [0.25, 0.3) is 0 Å². The zero-order valence-electron chi connectivity index (χ0n) is 11.9. The zero-order chi connectivity index (χ0) is 18.3. The fourth-order valence-electron chi connectivity index (χ4n) is 2.01. The summed E-state index contributed by atoms with van der Waals surface area (Å²) in [6.45, 7) is 1.25. The lowest BCUT2D eigenvalue weighted by atomic mass is 9.92. The minimum Gasteiger partial charge on any atom is -0.473 e. The van der Waals surface area contributed by atoms with Gasteiger partial charge in [0.2, 0.25) is 5.75 Å². The Balaban J connectivity index is 2.44. The summed E-state index contributed by atoms with van der Waals surface area (Å²) in [4.78, 5) is 10.2. The molecule has 1 aliphatic carbocycles. The molecule has 4 nitrogen and oxygen atoms in total. The Hall–Kier alpha value is -1.80. The van der Waals surface area contributed by atoms with Crippen LogP contribution >= 0.6 is 23.2 Å². The van der Waals surface area contributed by atoms with Crippen molar-refractivity contribution in [2.75, 3.05) is 0 Å². The second kappa shape index (κ2) is 6.25. The highest BCUT2D eigenvalue weighted by atomic mass is 35.5. The Bertz CT molecular complexity index is 748. The maximum Gasteiger partial charge on any atom is 0.416 e. The van der Waals surface area contributed by atoms with Crippen LogP contribution in [0.2, 0.25) is 0 Å². The molecular weight excluding hydrogens is 377 g/mol. The van der Waals surface area contributed by atoms with Gasteiger partial charge in [0, 0.05) is 12.1 Å². The van der Waals surface area contributed by atoms with Gasteiger partial charge in [0.05, 0.1) is 20.9 Å². The Morgan fingerprint density at radius 3 is 2.50 bits per heavy atom. The van der Waals surface area contributed by atoms with Gasteiger partial charge in [-0.25, -0.2) is 4.39 Å². The van der Waals surface area contributed by atoms with Crippen LogP contribution in [0, 0.1) is 15.9 Å². The summed E-state index contributed by atoms with van der Waals surface area (Å²) in [7, 11) is 0. The molecule has 0 fully saturated rings.